The van der Waals surface area contributed by atoms with Crippen LogP contribution < -0.4 is 9.64 Å². The minimum absolute atomic E-state index is 0.391. The number of benzene rings is 3. The maximum Gasteiger partial charge on any atom is 0.343 e. The van der Waals surface area contributed by atoms with E-state index >= 15 is 0 Å². The van der Waals surface area contributed by atoms with Gasteiger partial charge in [-0.2, -0.15) is 0 Å². The predicted octanol–water partition coefficient (Wildman–Crippen LogP) is 5.47. The SMILES string of the molecule is Cc1ccccc1N1CCc2cc(Cl)c(OC(=O)c3ccccc3)cc2CC1. The number of anilines is 1. The lowest BCUT2D eigenvalue weighted by atomic mass is 10.0. The summed E-state index contributed by atoms with van der Waals surface area (Å²) < 4.78 is 5.58. The van der Waals surface area contributed by atoms with Gasteiger partial charge in [-0.05, 0) is 66.8 Å². The lowest BCUT2D eigenvalue weighted by Gasteiger charge is -2.24. The van der Waals surface area contributed by atoms with Crippen LogP contribution in [0, 0.1) is 6.92 Å². The number of fused-ring (bicyclic) bond motifs is 1. The first kappa shape index (κ1) is 18.6. The molecule has 4 rings (SSSR count). The molecule has 0 saturated carbocycles. The van der Waals surface area contributed by atoms with E-state index in [4.69, 9.17) is 16.3 Å². The summed E-state index contributed by atoms with van der Waals surface area (Å²) in [5.74, 6) is 0.0382. The van der Waals surface area contributed by atoms with Gasteiger partial charge in [0.15, 0.2) is 0 Å². The summed E-state index contributed by atoms with van der Waals surface area (Å²) in [6.07, 6.45) is 1.80. The van der Waals surface area contributed by atoms with Crippen LogP contribution in [0.15, 0.2) is 66.7 Å². The highest BCUT2D eigenvalue weighted by atomic mass is 35.5. The zero-order valence-electron chi connectivity index (χ0n) is 15.8. The molecule has 0 bridgehead atoms. The Hall–Kier alpha value is -2.78. The third-order valence-electron chi connectivity index (χ3n) is 5.22. The Labute approximate surface area is 170 Å². The molecule has 3 nitrogen and oxygen atoms in total. The number of carbonyl (C=O) groups is 1. The monoisotopic (exact) mass is 391 g/mol. The Bertz CT molecular complexity index is 1000. The Morgan fingerprint density at radius 1 is 0.929 bits per heavy atom. The van der Waals surface area contributed by atoms with Crippen LogP contribution in [0.1, 0.15) is 27.0 Å². The molecule has 0 fully saturated rings. The molecule has 3 aromatic carbocycles. The normalized spacial score (nSPS) is 13.6. The van der Waals surface area contributed by atoms with E-state index in [1.54, 1.807) is 12.1 Å². The molecule has 0 spiro atoms. The number of nitrogens with zero attached hydrogens (tertiary/aromatic N) is 1. The number of esters is 1. The number of carbonyl (C=O) groups excluding carboxylic acids is 1. The number of rotatable bonds is 3. The summed E-state index contributed by atoms with van der Waals surface area (Å²) >= 11 is 6.43. The van der Waals surface area contributed by atoms with E-state index in [1.165, 1.54) is 22.4 Å². The Morgan fingerprint density at radius 3 is 2.29 bits per heavy atom. The summed E-state index contributed by atoms with van der Waals surface area (Å²) in [6.45, 7) is 4.01. The summed E-state index contributed by atoms with van der Waals surface area (Å²) in [4.78, 5) is 14.8. The summed E-state index contributed by atoms with van der Waals surface area (Å²) in [5.41, 5.74) is 5.48. The summed E-state index contributed by atoms with van der Waals surface area (Å²) in [7, 11) is 0. The molecule has 0 amide bonds. The van der Waals surface area contributed by atoms with Crippen LogP contribution in [-0.2, 0) is 12.8 Å². The van der Waals surface area contributed by atoms with Gasteiger partial charge in [-0.3, -0.25) is 0 Å². The van der Waals surface area contributed by atoms with E-state index < -0.39 is 5.97 Å². The Kier molecular flexibility index (Phi) is 5.36. The second-order valence-electron chi connectivity index (χ2n) is 7.08. The smallest absolute Gasteiger partial charge is 0.343 e. The summed E-state index contributed by atoms with van der Waals surface area (Å²) in [5, 5.41) is 0.479. The highest BCUT2D eigenvalue weighted by Gasteiger charge is 2.19. The molecule has 0 radical (unpaired) electrons. The van der Waals surface area contributed by atoms with Crippen molar-refractivity contribution in [1.82, 2.24) is 0 Å². The minimum Gasteiger partial charge on any atom is -0.421 e. The van der Waals surface area contributed by atoms with E-state index in [0.29, 0.717) is 16.3 Å². The minimum atomic E-state index is -0.391. The van der Waals surface area contributed by atoms with E-state index in [2.05, 4.69) is 36.1 Å². The second-order valence-corrected chi connectivity index (χ2v) is 7.49. The lowest BCUT2D eigenvalue weighted by Crippen LogP contribution is -2.26. The van der Waals surface area contributed by atoms with Crippen molar-refractivity contribution in [1.29, 1.82) is 0 Å². The maximum atomic E-state index is 12.4. The molecular weight excluding hydrogens is 370 g/mol. The fraction of sp³-hybridized carbons (Fsp3) is 0.208. The quantitative estimate of drug-likeness (QED) is 0.437. The number of hydrogen-bond acceptors (Lipinski definition) is 3. The van der Waals surface area contributed by atoms with Crippen molar-refractivity contribution in [3.05, 3.63) is 94.0 Å². The van der Waals surface area contributed by atoms with Crippen LogP contribution in [0.4, 0.5) is 5.69 Å². The summed E-state index contributed by atoms with van der Waals surface area (Å²) in [6, 6.07) is 21.3. The van der Waals surface area contributed by atoms with E-state index in [0.717, 1.165) is 25.9 Å². The highest BCUT2D eigenvalue weighted by molar-refractivity contribution is 6.32. The zero-order chi connectivity index (χ0) is 19.5. The zero-order valence-corrected chi connectivity index (χ0v) is 16.6. The van der Waals surface area contributed by atoms with Gasteiger partial charge >= 0.3 is 5.97 Å². The van der Waals surface area contributed by atoms with Crippen molar-refractivity contribution < 1.29 is 9.53 Å². The van der Waals surface area contributed by atoms with Crippen molar-refractivity contribution in [2.75, 3.05) is 18.0 Å². The van der Waals surface area contributed by atoms with Gasteiger partial charge in [0, 0.05) is 18.8 Å². The van der Waals surface area contributed by atoms with Crippen LogP contribution in [0.3, 0.4) is 0 Å². The fourth-order valence-corrected chi connectivity index (χ4v) is 3.92. The average Bonchev–Trinajstić information content (AvgIpc) is 2.91. The highest BCUT2D eigenvalue weighted by Crippen LogP contribution is 2.32. The van der Waals surface area contributed by atoms with Crippen LogP contribution in [-0.4, -0.2) is 19.1 Å². The Morgan fingerprint density at radius 2 is 1.57 bits per heavy atom. The number of aryl methyl sites for hydroxylation is 1. The fourth-order valence-electron chi connectivity index (χ4n) is 3.70. The average molecular weight is 392 g/mol. The molecule has 1 heterocycles. The third kappa shape index (κ3) is 3.90. The van der Waals surface area contributed by atoms with Gasteiger partial charge in [-0.15, -0.1) is 0 Å². The second kappa shape index (κ2) is 8.07. The third-order valence-corrected chi connectivity index (χ3v) is 5.52. The van der Waals surface area contributed by atoms with Gasteiger partial charge < -0.3 is 9.64 Å². The largest absolute Gasteiger partial charge is 0.421 e. The van der Waals surface area contributed by atoms with Crippen LogP contribution >= 0.6 is 11.6 Å². The molecule has 1 aliphatic rings. The van der Waals surface area contributed by atoms with Gasteiger partial charge in [0.05, 0.1) is 10.6 Å². The van der Waals surface area contributed by atoms with Crippen LogP contribution in [0.5, 0.6) is 5.75 Å². The van der Waals surface area contributed by atoms with Gasteiger partial charge in [0.1, 0.15) is 5.75 Å². The first-order valence-electron chi connectivity index (χ1n) is 9.51. The molecule has 28 heavy (non-hydrogen) atoms. The predicted molar refractivity (Wildman–Crippen MR) is 114 cm³/mol. The molecule has 1 aliphatic heterocycles. The van der Waals surface area contributed by atoms with Gasteiger partial charge in [0.25, 0.3) is 0 Å². The van der Waals surface area contributed by atoms with Crippen molar-refractivity contribution >= 4 is 23.3 Å². The first-order chi connectivity index (χ1) is 13.6. The van der Waals surface area contributed by atoms with E-state index in [-0.39, 0.29) is 0 Å². The van der Waals surface area contributed by atoms with Gasteiger partial charge in [-0.1, -0.05) is 48.0 Å². The van der Waals surface area contributed by atoms with Crippen LogP contribution in [0.2, 0.25) is 5.02 Å². The Balaban J connectivity index is 1.55. The van der Waals surface area contributed by atoms with Crippen molar-refractivity contribution in [2.45, 2.75) is 19.8 Å². The van der Waals surface area contributed by atoms with Gasteiger partial charge in [-0.25, -0.2) is 4.79 Å². The molecule has 0 atom stereocenters. The molecule has 0 aliphatic carbocycles. The topological polar surface area (TPSA) is 29.5 Å². The number of ether oxygens (including phenoxy) is 1. The molecule has 0 N–H and O–H groups in total. The molecule has 0 saturated heterocycles. The van der Waals surface area contributed by atoms with Crippen LogP contribution in [0.25, 0.3) is 0 Å². The number of para-hydroxylation sites is 1. The molecule has 4 heteroatoms. The maximum absolute atomic E-state index is 12.4. The van der Waals surface area contributed by atoms with Crippen molar-refractivity contribution in [2.24, 2.45) is 0 Å². The van der Waals surface area contributed by atoms with Crippen molar-refractivity contribution in [3.8, 4) is 5.75 Å². The number of hydrogen-bond donors (Lipinski definition) is 0. The molecule has 142 valence electrons. The number of halogens is 1. The van der Waals surface area contributed by atoms with Crippen molar-refractivity contribution in [3.63, 3.8) is 0 Å². The molecule has 0 unspecified atom stereocenters. The first-order valence-corrected chi connectivity index (χ1v) is 9.89. The van der Waals surface area contributed by atoms with E-state index in [1.807, 2.05) is 30.3 Å². The lowest BCUT2D eigenvalue weighted by molar-refractivity contribution is 0.0734. The standard InChI is InChI=1S/C24H22ClNO2/c1-17-7-5-6-10-22(17)26-13-11-19-15-21(25)23(16-20(19)12-14-26)28-24(27)18-8-3-2-4-9-18/h2-10,15-16H,11-14H2,1H3. The molecule has 0 aromatic heterocycles. The van der Waals surface area contributed by atoms with Gasteiger partial charge in [0.2, 0.25) is 0 Å². The molecular formula is C24H22ClNO2. The molecule has 3 aromatic rings. The van der Waals surface area contributed by atoms with E-state index in [9.17, 15) is 4.79 Å².